The van der Waals surface area contributed by atoms with E-state index in [2.05, 4.69) is 70.2 Å². The monoisotopic (exact) mass is 370 g/mol. The molecule has 3 N–H and O–H groups in total. The number of imidazole rings is 1. The van der Waals surface area contributed by atoms with E-state index in [1.54, 1.807) is 6.33 Å². The van der Waals surface area contributed by atoms with Crippen LogP contribution in [0.25, 0.3) is 11.2 Å². The van der Waals surface area contributed by atoms with Crippen LogP contribution in [0.15, 0.2) is 30.6 Å². The summed E-state index contributed by atoms with van der Waals surface area (Å²) in [5, 5.41) is 16.4. The van der Waals surface area contributed by atoms with Crippen LogP contribution in [0.2, 0.25) is 0 Å². The van der Waals surface area contributed by atoms with Crippen molar-refractivity contribution in [3.8, 4) is 0 Å². The van der Waals surface area contributed by atoms with Crippen molar-refractivity contribution in [1.29, 1.82) is 0 Å². The molecule has 0 aromatic carbocycles. The second kappa shape index (κ2) is 8.52. The van der Waals surface area contributed by atoms with Crippen LogP contribution in [0.4, 0.5) is 11.8 Å². The van der Waals surface area contributed by atoms with Crippen LogP contribution in [0, 0.1) is 11.8 Å². The summed E-state index contributed by atoms with van der Waals surface area (Å²) in [6.07, 6.45) is 11.0. The Morgan fingerprint density at radius 1 is 1.22 bits per heavy atom. The second-order valence-electron chi connectivity index (χ2n) is 7.40. The van der Waals surface area contributed by atoms with E-state index >= 15 is 0 Å². The Balaban J connectivity index is 1.90. The van der Waals surface area contributed by atoms with Crippen molar-refractivity contribution in [2.24, 2.45) is 11.8 Å². The van der Waals surface area contributed by atoms with Gasteiger partial charge in [0.15, 0.2) is 17.0 Å². The molecular formula is C20H30N6O. The van der Waals surface area contributed by atoms with Crippen molar-refractivity contribution in [1.82, 2.24) is 19.5 Å². The van der Waals surface area contributed by atoms with Gasteiger partial charge in [-0.25, -0.2) is 15.0 Å². The number of rotatable bonds is 8. The molecule has 27 heavy (non-hydrogen) atoms. The highest BCUT2D eigenvalue weighted by molar-refractivity contribution is 5.85. The summed E-state index contributed by atoms with van der Waals surface area (Å²) in [6, 6.07) is 0.145. The molecule has 2 heterocycles. The number of aliphatic hydroxyl groups excluding tert-OH is 1. The van der Waals surface area contributed by atoms with Gasteiger partial charge in [0.05, 0.1) is 12.6 Å². The number of fused-ring (bicyclic) bond motifs is 1. The van der Waals surface area contributed by atoms with E-state index in [9.17, 15) is 5.11 Å². The van der Waals surface area contributed by atoms with Crippen LogP contribution in [-0.4, -0.2) is 43.8 Å². The molecule has 0 aliphatic heterocycles. The number of allylic oxidation sites excluding steroid dienone is 3. The number of aromatic nitrogens is 4. The third-order valence-electron chi connectivity index (χ3n) is 5.10. The highest BCUT2D eigenvalue weighted by Gasteiger charge is 2.20. The molecule has 3 rings (SSSR count). The Morgan fingerprint density at radius 2 is 2.00 bits per heavy atom. The van der Waals surface area contributed by atoms with Gasteiger partial charge >= 0.3 is 0 Å². The lowest BCUT2D eigenvalue weighted by molar-refractivity contribution is 0.271. The minimum atomic E-state index is -0.0382. The molecular weight excluding hydrogens is 340 g/mol. The summed E-state index contributed by atoms with van der Waals surface area (Å²) in [4.78, 5) is 13.7. The summed E-state index contributed by atoms with van der Waals surface area (Å²) in [7, 11) is 0. The van der Waals surface area contributed by atoms with E-state index in [-0.39, 0.29) is 18.7 Å². The van der Waals surface area contributed by atoms with Crippen LogP contribution in [0.1, 0.15) is 40.2 Å². The average molecular weight is 371 g/mol. The molecule has 0 amide bonds. The zero-order valence-corrected chi connectivity index (χ0v) is 16.6. The number of hydrogen-bond acceptors (Lipinski definition) is 6. The Bertz CT molecular complexity index is 821. The van der Waals surface area contributed by atoms with Gasteiger partial charge in [-0.2, -0.15) is 0 Å². The third-order valence-corrected chi connectivity index (χ3v) is 5.10. The predicted octanol–water partition coefficient (Wildman–Crippen LogP) is 3.38. The van der Waals surface area contributed by atoms with E-state index in [0.29, 0.717) is 11.8 Å². The standard InChI is InChI=1S/C20H30N6O/c1-5-16(11-27)24-20-25-17-18(21-10-15-9-7-6-8-14(15)4)22-12-23-19(17)26(20)13(2)3/h6-9,12-16,27H,5,10-11H2,1-4H3,(H,24,25)(H,21,22,23). The fourth-order valence-electron chi connectivity index (χ4n) is 3.32. The SMILES string of the molecule is CCC(CO)Nc1nc2c(NCC3C=CC=CC3C)ncnc2n1C(C)C. The zero-order valence-electron chi connectivity index (χ0n) is 16.6. The van der Waals surface area contributed by atoms with Gasteiger partial charge in [-0.15, -0.1) is 0 Å². The zero-order chi connectivity index (χ0) is 19.4. The maximum atomic E-state index is 9.55. The minimum absolute atomic E-state index is 0.0382. The summed E-state index contributed by atoms with van der Waals surface area (Å²) < 4.78 is 2.06. The Hall–Kier alpha value is -2.41. The molecule has 0 radical (unpaired) electrons. The van der Waals surface area contributed by atoms with Gasteiger partial charge in [-0.1, -0.05) is 38.2 Å². The maximum absolute atomic E-state index is 9.55. The van der Waals surface area contributed by atoms with E-state index in [1.165, 1.54) is 0 Å². The molecule has 0 saturated carbocycles. The molecule has 2 aromatic heterocycles. The first-order valence-electron chi connectivity index (χ1n) is 9.74. The number of aliphatic hydroxyl groups is 1. The average Bonchev–Trinajstić information content (AvgIpc) is 3.04. The van der Waals surface area contributed by atoms with Crippen molar-refractivity contribution in [2.45, 2.75) is 46.2 Å². The fraction of sp³-hybridized carbons (Fsp3) is 0.550. The number of nitrogens with one attached hydrogen (secondary N) is 2. The summed E-state index contributed by atoms with van der Waals surface area (Å²) in [5.41, 5.74) is 1.55. The molecule has 7 nitrogen and oxygen atoms in total. The third kappa shape index (κ3) is 4.13. The van der Waals surface area contributed by atoms with E-state index < -0.39 is 0 Å². The van der Waals surface area contributed by atoms with Crippen LogP contribution >= 0.6 is 0 Å². The van der Waals surface area contributed by atoms with Crippen LogP contribution in [0.3, 0.4) is 0 Å². The predicted molar refractivity (Wildman–Crippen MR) is 110 cm³/mol. The molecule has 7 heteroatoms. The molecule has 146 valence electrons. The van der Waals surface area contributed by atoms with Gasteiger partial charge in [-0.3, -0.25) is 4.57 Å². The first-order valence-corrected chi connectivity index (χ1v) is 9.74. The fourth-order valence-corrected chi connectivity index (χ4v) is 3.32. The molecule has 0 spiro atoms. The van der Waals surface area contributed by atoms with Crippen molar-refractivity contribution in [2.75, 3.05) is 23.8 Å². The molecule has 2 aromatic rings. The number of nitrogens with zero attached hydrogens (tertiary/aromatic N) is 4. The lowest BCUT2D eigenvalue weighted by Gasteiger charge is -2.21. The minimum Gasteiger partial charge on any atom is -0.394 e. The van der Waals surface area contributed by atoms with Crippen molar-refractivity contribution in [3.63, 3.8) is 0 Å². The lowest BCUT2D eigenvalue weighted by atomic mass is 9.90. The van der Waals surface area contributed by atoms with Gasteiger partial charge in [0.25, 0.3) is 0 Å². The Morgan fingerprint density at radius 3 is 2.67 bits per heavy atom. The maximum Gasteiger partial charge on any atom is 0.205 e. The van der Waals surface area contributed by atoms with Crippen LogP contribution in [-0.2, 0) is 0 Å². The van der Waals surface area contributed by atoms with Crippen molar-refractivity contribution in [3.05, 3.63) is 30.6 Å². The first-order chi connectivity index (χ1) is 13.0. The van der Waals surface area contributed by atoms with Crippen LogP contribution in [0.5, 0.6) is 0 Å². The molecule has 0 saturated heterocycles. The van der Waals surface area contributed by atoms with Crippen LogP contribution < -0.4 is 10.6 Å². The molecule has 1 aliphatic rings. The number of anilines is 2. The van der Waals surface area contributed by atoms with Crippen molar-refractivity contribution < 1.29 is 5.11 Å². The second-order valence-corrected chi connectivity index (χ2v) is 7.40. The van der Waals surface area contributed by atoms with Gasteiger partial charge in [0.2, 0.25) is 5.95 Å². The Kier molecular flexibility index (Phi) is 6.11. The van der Waals surface area contributed by atoms with E-state index in [1.807, 2.05) is 6.92 Å². The first kappa shape index (κ1) is 19.4. The van der Waals surface area contributed by atoms with Gasteiger partial charge < -0.3 is 15.7 Å². The quantitative estimate of drug-likeness (QED) is 0.660. The number of hydrogen-bond donors (Lipinski definition) is 3. The van der Waals surface area contributed by atoms with Gasteiger partial charge in [0.1, 0.15) is 6.33 Å². The molecule has 0 bridgehead atoms. The lowest BCUT2D eigenvalue weighted by Crippen LogP contribution is -2.25. The van der Waals surface area contributed by atoms with Crippen molar-refractivity contribution >= 4 is 22.9 Å². The highest BCUT2D eigenvalue weighted by Crippen LogP contribution is 2.28. The molecule has 3 atom stereocenters. The van der Waals surface area contributed by atoms with E-state index in [0.717, 1.165) is 35.9 Å². The summed E-state index contributed by atoms with van der Waals surface area (Å²) in [5.74, 6) is 2.37. The Labute approximate surface area is 160 Å². The van der Waals surface area contributed by atoms with Gasteiger partial charge in [-0.05, 0) is 26.2 Å². The normalized spacial score (nSPS) is 20.4. The summed E-state index contributed by atoms with van der Waals surface area (Å²) >= 11 is 0. The molecule has 0 fully saturated rings. The molecule has 1 aliphatic carbocycles. The smallest absolute Gasteiger partial charge is 0.205 e. The van der Waals surface area contributed by atoms with Gasteiger partial charge in [0, 0.05) is 18.5 Å². The highest BCUT2D eigenvalue weighted by atomic mass is 16.3. The summed E-state index contributed by atoms with van der Waals surface area (Å²) in [6.45, 7) is 9.31. The van der Waals surface area contributed by atoms with E-state index in [4.69, 9.17) is 4.98 Å². The largest absolute Gasteiger partial charge is 0.394 e. The molecule has 3 unspecified atom stereocenters. The topological polar surface area (TPSA) is 87.9 Å².